The van der Waals surface area contributed by atoms with Crippen molar-refractivity contribution in [2.24, 2.45) is 5.73 Å². The minimum absolute atomic E-state index is 0.323. The van der Waals surface area contributed by atoms with Crippen molar-refractivity contribution in [3.63, 3.8) is 0 Å². The zero-order valence-electron chi connectivity index (χ0n) is 7.81. The van der Waals surface area contributed by atoms with Gasteiger partial charge in [0.1, 0.15) is 5.75 Å². The highest BCUT2D eigenvalue weighted by molar-refractivity contribution is 5.43. The molecule has 0 aromatic heterocycles. The Morgan fingerprint density at radius 2 is 1.86 bits per heavy atom. The van der Waals surface area contributed by atoms with Crippen molar-refractivity contribution in [1.29, 1.82) is 0 Å². The SMILES string of the molecule is COc1cc(F)c(F)cc1C1(N)CC1. The van der Waals surface area contributed by atoms with Crippen LogP contribution in [-0.4, -0.2) is 7.11 Å². The van der Waals surface area contributed by atoms with Crippen molar-refractivity contribution in [1.82, 2.24) is 0 Å². The van der Waals surface area contributed by atoms with Crippen LogP contribution in [0.3, 0.4) is 0 Å². The third kappa shape index (κ3) is 1.35. The summed E-state index contributed by atoms with van der Waals surface area (Å²) in [5.74, 6) is -1.46. The van der Waals surface area contributed by atoms with E-state index in [2.05, 4.69) is 0 Å². The first-order valence-electron chi connectivity index (χ1n) is 4.39. The Kier molecular flexibility index (Phi) is 1.96. The molecule has 0 atom stereocenters. The largest absolute Gasteiger partial charge is 0.496 e. The van der Waals surface area contributed by atoms with Gasteiger partial charge in [0.15, 0.2) is 11.6 Å². The number of hydrogen-bond donors (Lipinski definition) is 1. The molecule has 1 aliphatic rings. The summed E-state index contributed by atoms with van der Waals surface area (Å²) in [5.41, 5.74) is 5.93. The predicted octanol–water partition coefficient (Wildman–Crippen LogP) is 1.92. The molecule has 4 heteroatoms. The maximum Gasteiger partial charge on any atom is 0.162 e. The highest BCUT2D eigenvalue weighted by Crippen LogP contribution is 2.46. The van der Waals surface area contributed by atoms with Gasteiger partial charge in [0, 0.05) is 17.2 Å². The van der Waals surface area contributed by atoms with E-state index in [-0.39, 0.29) is 0 Å². The summed E-state index contributed by atoms with van der Waals surface area (Å²) in [7, 11) is 1.42. The number of halogens is 2. The van der Waals surface area contributed by atoms with E-state index < -0.39 is 17.2 Å². The van der Waals surface area contributed by atoms with Crippen molar-refractivity contribution in [3.05, 3.63) is 29.3 Å². The second kappa shape index (κ2) is 2.92. The van der Waals surface area contributed by atoms with Gasteiger partial charge in [0.25, 0.3) is 0 Å². The minimum Gasteiger partial charge on any atom is -0.496 e. The van der Waals surface area contributed by atoms with Crippen LogP contribution in [0.15, 0.2) is 12.1 Å². The Labute approximate surface area is 80.7 Å². The van der Waals surface area contributed by atoms with Gasteiger partial charge in [-0.2, -0.15) is 0 Å². The molecule has 0 aliphatic heterocycles. The smallest absolute Gasteiger partial charge is 0.162 e. The molecule has 2 rings (SSSR count). The quantitative estimate of drug-likeness (QED) is 0.789. The van der Waals surface area contributed by atoms with Crippen LogP contribution in [0.4, 0.5) is 8.78 Å². The summed E-state index contributed by atoms with van der Waals surface area (Å²) in [6.07, 6.45) is 1.57. The highest BCUT2D eigenvalue weighted by atomic mass is 19.2. The van der Waals surface area contributed by atoms with Crippen LogP contribution in [0.25, 0.3) is 0 Å². The summed E-state index contributed by atoms with van der Waals surface area (Å²) in [6.45, 7) is 0. The van der Waals surface area contributed by atoms with Gasteiger partial charge < -0.3 is 10.5 Å². The highest BCUT2D eigenvalue weighted by Gasteiger charge is 2.42. The van der Waals surface area contributed by atoms with Gasteiger partial charge in [-0.25, -0.2) is 8.78 Å². The molecule has 0 bridgehead atoms. The molecule has 2 N–H and O–H groups in total. The lowest BCUT2D eigenvalue weighted by atomic mass is 10.0. The molecule has 1 saturated carbocycles. The average Bonchev–Trinajstić information content (AvgIpc) is 2.89. The normalized spacial score (nSPS) is 18.0. The van der Waals surface area contributed by atoms with Crippen molar-refractivity contribution in [2.45, 2.75) is 18.4 Å². The number of benzene rings is 1. The molecule has 1 aliphatic carbocycles. The average molecular weight is 199 g/mol. The van der Waals surface area contributed by atoms with E-state index in [1.165, 1.54) is 7.11 Å². The van der Waals surface area contributed by atoms with Gasteiger partial charge in [0.05, 0.1) is 7.11 Å². The van der Waals surface area contributed by atoms with E-state index in [1.807, 2.05) is 0 Å². The van der Waals surface area contributed by atoms with Crippen LogP contribution >= 0.6 is 0 Å². The third-order valence-electron chi connectivity index (χ3n) is 2.57. The molecule has 76 valence electrons. The Morgan fingerprint density at radius 3 is 2.36 bits per heavy atom. The van der Waals surface area contributed by atoms with Crippen LogP contribution in [0, 0.1) is 11.6 Å². The number of nitrogens with two attached hydrogens (primary N) is 1. The number of methoxy groups -OCH3 is 1. The lowest BCUT2D eigenvalue weighted by Gasteiger charge is -2.14. The first-order chi connectivity index (χ1) is 6.57. The molecular weight excluding hydrogens is 188 g/mol. The number of hydrogen-bond acceptors (Lipinski definition) is 2. The van der Waals surface area contributed by atoms with E-state index in [0.29, 0.717) is 11.3 Å². The molecule has 0 heterocycles. The maximum absolute atomic E-state index is 13.0. The van der Waals surface area contributed by atoms with E-state index in [1.54, 1.807) is 0 Å². The Balaban J connectivity index is 2.52. The predicted molar refractivity (Wildman–Crippen MR) is 48.0 cm³/mol. The van der Waals surface area contributed by atoms with Crippen molar-refractivity contribution < 1.29 is 13.5 Å². The standard InChI is InChI=1S/C10H11F2NO/c1-14-9-5-8(12)7(11)4-6(9)10(13)2-3-10/h4-5H,2-3,13H2,1H3. The fourth-order valence-electron chi connectivity index (χ4n) is 1.49. The van der Waals surface area contributed by atoms with Gasteiger partial charge in [-0.1, -0.05) is 0 Å². The van der Waals surface area contributed by atoms with Crippen molar-refractivity contribution >= 4 is 0 Å². The van der Waals surface area contributed by atoms with Crippen LogP contribution in [-0.2, 0) is 5.54 Å². The van der Waals surface area contributed by atoms with Gasteiger partial charge >= 0.3 is 0 Å². The van der Waals surface area contributed by atoms with E-state index in [0.717, 1.165) is 25.0 Å². The summed E-state index contributed by atoms with van der Waals surface area (Å²) in [5, 5.41) is 0. The second-order valence-electron chi connectivity index (χ2n) is 3.62. The first kappa shape index (κ1) is 9.40. The lowest BCUT2D eigenvalue weighted by molar-refractivity contribution is 0.395. The fourth-order valence-corrected chi connectivity index (χ4v) is 1.49. The number of ether oxygens (including phenoxy) is 1. The van der Waals surface area contributed by atoms with Crippen LogP contribution in [0.5, 0.6) is 5.75 Å². The second-order valence-corrected chi connectivity index (χ2v) is 3.62. The molecule has 0 radical (unpaired) electrons. The van der Waals surface area contributed by atoms with E-state index >= 15 is 0 Å². The van der Waals surface area contributed by atoms with E-state index in [9.17, 15) is 8.78 Å². The zero-order valence-corrected chi connectivity index (χ0v) is 7.81. The topological polar surface area (TPSA) is 35.2 Å². The third-order valence-corrected chi connectivity index (χ3v) is 2.57. The summed E-state index contributed by atoms with van der Waals surface area (Å²) < 4.78 is 30.8. The summed E-state index contributed by atoms with van der Waals surface area (Å²) in [6, 6.07) is 2.17. The van der Waals surface area contributed by atoms with Gasteiger partial charge in [-0.15, -0.1) is 0 Å². The Bertz CT molecular complexity index is 375. The van der Waals surface area contributed by atoms with Crippen LogP contribution < -0.4 is 10.5 Å². The summed E-state index contributed by atoms with van der Waals surface area (Å²) in [4.78, 5) is 0. The molecule has 0 unspecified atom stereocenters. The molecule has 0 saturated heterocycles. The summed E-state index contributed by atoms with van der Waals surface area (Å²) >= 11 is 0. The van der Waals surface area contributed by atoms with Crippen molar-refractivity contribution in [3.8, 4) is 5.75 Å². The zero-order chi connectivity index (χ0) is 10.3. The Morgan fingerprint density at radius 1 is 1.29 bits per heavy atom. The monoisotopic (exact) mass is 199 g/mol. The molecule has 2 nitrogen and oxygen atoms in total. The molecule has 0 amide bonds. The van der Waals surface area contributed by atoms with Crippen LogP contribution in [0.2, 0.25) is 0 Å². The Hall–Kier alpha value is -1.16. The molecule has 14 heavy (non-hydrogen) atoms. The molecule has 1 fully saturated rings. The lowest BCUT2D eigenvalue weighted by Crippen LogP contribution is -2.20. The number of rotatable bonds is 2. The molecule has 1 aromatic rings. The maximum atomic E-state index is 13.0. The van der Waals surface area contributed by atoms with Gasteiger partial charge in [0.2, 0.25) is 0 Å². The van der Waals surface area contributed by atoms with Crippen LogP contribution in [0.1, 0.15) is 18.4 Å². The van der Waals surface area contributed by atoms with E-state index in [4.69, 9.17) is 10.5 Å². The fraction of sp³-hybridized carbons (Fsp3) is 0.400. The van der Waals surface area contributed by atoms with Gasteiger partial charge in [-0.3, -0.25) is 0 Å². The minimum atomic E-state index is -0.908. The molecule has 1 aromatic carbocycles. The van der Waals surface area contributed by atoms with Crippen molar-refractivity contribution in [2.75, 3.05) is 7.11 Å². The first-order valence-corrected chi connectivity index (χ1v) is 4.39. The molecular formula is C10H11F2NO. The van der Waals surface area contributed by atoms with Gasteiger partial charge in [-0.05, 0) is 18.9 Å². The molecule has 0 spiro atoms.